The molecule has 1 aliphatic heterocycles. The van der Waals surface area contributed by atoms with Gasteiger partial charge in [-0.25, -0.2) is 14.6 Å². The van der Waals surface area contributed by atoms with Gasteiger partial charge in [-0.1, -0.05) is 17.7 Å². The molecule has 1 aliphatic rings. The molecule has 1 aromatic carbocycles. The van der Waals surface area contributed by atoms with Crippen LogP contribution in [0.1, 0.15) is 23.2 Å². The zero-order chi connectivity index (χ0) is 21.7. The second-order valence-corrected chi connectivity index (χ2v) is 7.33. The average Bonchev–Trinajstić information content (AvgIpc) is 2.69. The average molecular weight is 433 g/mol. The van der Waals surface area contributed by atoms with Gasteiger partial charge in [0, 0.05) is 36.0 Å². The summed E-state index contributed by atoms with van der Waals surface area (Å²) < 4.78 is 0. The van der Waals surface area contributed by atoms with Crippen LogP contribution in [0.5, 0.6) is 0 Å². The number of aliphatic carboxylic acids is 2. The fourth-order valence-corrected chi connectivity index (χ4v) is 3.57. The molecule has 4 N–H and O–H groups in total. The molecule has 0 spiro atoms. The van der Waals surface area contributed by atoms with Gasteiger partial charge in [0.15, 0.2) is 0 Å². The number of carbonyl (C=O) groups excluding carboxylic acids is 1. The monoisotopic (exact) mass is 432 g/mol. The van der Waals surface area contributed by atoms with E-state index in [9.17, 15) is 14.4 Å². The standard InChI is InChI=1S/C20H21ClN4O5/c21-12-3-1-4-14(11-12)24-18(26)15-5-2-8-22-17(15)23-13-6-9-25(10-7-13)16(19(27)28)20(29)30/h1-5,8,11,13,16H,6-7,9-10H2,(H,22,23)(H,24,26)(H,27,28)(H,29,30). The molecule has 0 saturated carbocycles. The molecular formula is C20H21ClN4O5. The van der Waals surface area contributed by atoms with Crippen LogP contribution in [-0.4, -0.2) is 63.1 Å². The molecule has 158 valence electrons. The molecule has 2 heterocycles. The number of carboxylic acids is 2. The first-order valence-electron chi connectivity index (χ1n) is 9.33. The number of hydrogen-bond donors (Lipinski definition) is 4. The third kappa shape index (κ3) is 5.25. The Morgan fingerprint density at radius 3 is 2.43 bits per heavy atom. The number of nitrogens with one attached hydrogen (secondary N) is 2. The maximum absolute atomic E-state index is 12.7. The van der Waals surface area contributed by atoms with Crippen molar-refractivity contribution in [3.63, 3.8) is 0 Å². The molecular weight excluding hydrogens is 412 g/mol. The summed E-state index contributed by atoms with van der Waals surface area (Å²) in [6, 6.07) is 8.48. The maximum Gasteiger partial charge on any atom is 0.332 e. The van der Waals surface area contributed by atoms with Gasteiger partial charge >= 0.3 is 11.9 Å². The third-order valence-corrected chi connectivity index (χ3v) is 5.07. The quantitative estimate of drug-likeness (QED) is 0.490. The molecule has 9 nitrogen and oxygen atoms in total. The number of hydrogen-bond acceptors (Lipinski definition) is 6. The summed E-state index contributed by atoms with van der Waals surface area (Å²) in [7, 11) is 0. The molecule has 30 heavy (non-hydrogen) atoms. The Bertz CT molecular complexity index is 932. The van der Waals surface area contributed by atoms with Crippen molar-refractivity contribution < 1.29 is 24.6 Å². The van der Waals surface area contributed by atoms with Crippen molar-refractivity contribution >= 4 is 41.0 Å². The topological polar surface area (TPSA) is 132 Å². The Balaban J connectivity index is 1.65. The molecule has 1 fully saturated rings. The van der Waals surface area contributed by atoms with E-state index in [1.165, 1.54) is 4.90 Å². The van der Waals surface area contributed by atoms with Crippen molar-refractivity contribution in [1.29, 1.82) is 0 Å². The van der Waals surface area contributed by atoms with Crippen LogP contribution in [0, 0.1) is 0 Å². The number of carbonyl (C=O) groups is 3. The minimum absolute atomic E-state index is 0.0721. The number of nitrogens with zero attached hydrogens (tertiary/aromatic N) is 2. The van der Waals surface area contributed by atoms with Crippen LogP contribution in [0.15, 0.2) is 42.6 Å². The van der Waals surface area contributed by atoms with E-state index in [0.717, 1.165) is 0 Å². The van der Waals surface area contributed by atoms with Crippen LogP contribution < -0.4 is 10.6 Å². The van der Waals surface area contributed by atoms with E-state index < -0.39 is 18.0 Å². The summed E-state index contributed by atoms with van der Waals surface area (Å²) in [5, 5.41) is 24.8. The second kappa shape index (κ2) is 9.55. The predicted octanol–water partition coefficient (Wildman–Crippen LogP) is 2.40. The van der Waals surface area contributed by atoms with Gasteiger partial charge in [0.05, 0.1) is 5.56 Å². The van der Waals surface area contributed by atoms with Gasteiger partial charge in [0.25, 0.3) is 5.91 Å². The minimum Gasteiger partial charge on any atom is -0.480 e. The van der Waals surface area contributed by atoms with Gasteiger partial charge in [-0.3, -0.25) is 9.69 Å². The van der Waals surface area contributed by atoms with Gasteiger partial charge < -0.3 is 20.8 Å². The van der Waals surface area contributed by atoms with Crippen molar-refractivity contribution in [2.45, 2.75) is 24.9 Å². The van der Waals surface area contributed by atoms with E-state index in [2.05, 4.69) is 15.6 Å². The number of pyridine rings is 1. The van der Waals surface area contributed by atoms with Crippen LogP contribution in [0.3, 0.4) is 0 Å². The second-order valence-electron chi connectivity index (χ2n) is 6.90. The molecule has 1 saturated heterocycles. The zero-order valence-corrected chi connectivity index (χ0v) is 16.7. The number of halogens is 1. The number of piperidine rings is 1. The molecule has 1 aromatic heterocycles. The first-order valence-corrected chi connectivity index (χ1v) is 9.71. The zero-order valence-electron chi connectivity index (χ0n) is 15.9. The number of benzene rings is 1. The number of amides is 1. The van der Waals surface area contributed by atoms with Crippen molar-refractivity contribution in [3.05, 3.63) is 53.2 Å². The summed E-state index contributed by atoms with van der Waals surface area (Å²) >= 11 is 5.95. The summed E-state index contributed by atoms with van der Waals surface area (Å²) in [5.74, 6) is -2.69. The van der Waals surface area contributed by atoms with Crippen molar-refractivity contribution in [3.8, 4) is 0 Å². The molecule has 0 unspecified atom stereocenters. The molecule has 2 aromatic rings. The molecule has 0 atom stereocenters. The van der Waals surface area contributed by atoms with Gasteiger partial charge in [-0.15, -0.1) is 0 Å². The summed E-state index contributed by atoms with van der Waals surface area (Å²) in [6.07, 6.45) is 2.60. The molecule has 0 radical (unpaired) electrons. The predicted molar refractivity (Wildman–Crippen MR) is 111 cm³/mol. The van der Waals surface area contributed by atoms with Gasteiger partial charge in [-0.05, 0) is 43.2 Å². The number of anilines is 2. The fourth-order valence-electron chi connectivity index (χ4n) is 3.38. The highest BCUT2D eigenvalue weighted by atomic mass is 35.5. The van der Waals surface area contributed by atoms with Crippen LogP contribution in [0.4, 0.5) is 11.5 Å². The summed E-state index contributed by atoms with van der Waals surface area (Å²) in [6.45, 7) is 0.607. The lowest BCUT2D eigenvalue weighted by Gasteiger charge is -2.34. The van der Waals surface area contributed by atoms with Gasteiger partial charge in [-0.2, -0.15) is 0 Å². The SMILES string of the molecule is O=C(Nc1cccc(Cl)c1)c1cccnc1NC1CCN(C(C(=O)O)C(=O)O)CC1. The van der Waals surface area contributed by atoms with E-state index in [4.69, 9.17) is 21.8 Å². The lowest BCUT2D eigenvalue weighted by molar-refractivity contribution is -0.157. The normalized spacial score (nSPS) is 15.0. The molecule has 0 bridgehead atoms. The maximum atomic E-state index is 12.7. The number of rotatable bonds is 7. The van der Waals surface area contributed by atoms with Crippen molar-refractivity contribution in [1.82, 2.24) is 9.88 Å². The number of carboxylic acid groups (broad SMARTS) is 2. The highest BCUT2D eigenvalue weighted by Crippen LogP contribution is 2.22. The Morgan fingerprint density at radius 2 is 1.80 bits per heavy atom. The molecule has 10 heteroatoms. The lowest BCUT2D eigenvalue weighted by Crippen LogP contribution is -2.51. The number of aromatic nitrogens is 1. The smallest absolute Gasteiger partial charge is 0.332 e. The van der Waals surface area contributed by atoms with E-state index in [1.807, 2.05) is 0 Å². The van der Waals surface area contributed by atoms with Gasteiger partial charge in [0.1, 0.15) is 5.82 Å². The Kier molecular flexibility index (Phi) is 6.86. The highest BCUT2D eigenvalue weighted by Gasteiger charge is 2.35. The van der Waals surface area contributed by atoms with E-state index in [0.29, 0.717) is 48.0 Å². The van der Waals surface area contributed by atoms with Crippen molar-refractivity contribution in [2.75, 3.05) is 23.7 Å². The fraction of sp³-hybridized carbons (Fsp3) is 0.300. The lowest BCUT2D eigenvalue weighted by atomic mass is 10.0. The number of likely N-dealkylation sites (tertiary alicyclic amines) is 1. The van der Waals surface area contributed by atoms with E-state index >= 15 is 0 Å². The Morgan fingerprint density at radius 1 is 1.10 bits per heavy atom. The minimum atomic E-state index is -1.56. The van der Waals surface area contributed by atoms with E-state index in [1.54, 1.807) is 42.6 Å². The van der Waals surface area contributed by atoms with E-state index in [-0.39, 0.29) is 11.9 Å². The van der Waals surface area contributed by atoms with Crippen molar-refractivity contribution in [2.24, 2.45) is 0 Å². The third-order valence-electron chi connectivity index (χ3n) is 4.84. The molecule has 1 amide bonds. The Hall–Kier alpha value is -3.17. The van der Waals surface area contributed by atoms with Gasteiger partial charge in [0.2, 0.25) is 6.04 Å². The summed E-state index contributed by atoms with van der Waals surface area (Å²) in [5.41, 5.74) is 0.915. The summed E-state index contributed by atoms with van der Waals surface area (Å²) in [4.78, 5) is 40.8. The highest BCUT2D eigenvalue weighted by molar-refractivity contribution is 6.31. The van der Waals surface area contributed by atoms with Crippen LogP contribution in [-0.2, 0) is 9.59 Å². The Labute approximate surface area is 177 Å². The first-order chi connectivity index (χ1) is 14.3. The van der Waals surface area contributed by atoms with Crippen LogP contribution in [0.2, 0.25) is 5.02 Å². The molecule has 0 aliphatic carbocycles. The molecule has 3 rings (SSSR count). The first kappa shape index (κ1) is 21.5. The van der Waals surface area contributed by atoms with Crippen LogP contribution >= 0.6 is 11.6 Å². The largest absolute Gasteiger partial charge is 0.480 e. The van der Waals surface area contributed by atoms with Crippen LogP contribution in [0.25, 0.3) is 0 Å².